The zero-order valence-electron chi connectivity index (χ0n) is 15.4. The summed E-state index contributed by atoms with van der Waals surface area (Å²) in [6, 6.07) is 0. The van der Waals surface area contributed by atoms with Gasteiger partial charge in [-0.2, -0.15) is 0 Å². The summed E-state index contributed by atoms with van der Waals surface area (Å²) in [7, 11) is 0. The lowest BCUT2D eigenvalue weighted by Crippen LogP contribution is -2.48. The molecule has 0 saturated heterocycles. The number of rotatable bonds is 1. The molecule has 3 nitrogen and oxygen atoms in total. The fourth-order valence-corrected chi connectivity index (χ4v) is 6.40. The molecular weight excluding hydrogens is 319 g/mol. The zero-order chi connectivity index (χ0) is 18.0. The highest BCUT2D eigenvalue weighted by atomic mass is 19.1. The van der Waals surface area contributed by atoms with E-state index in [0.29, 0.717) is 18.3 Å². The zero-order valence-corrected chi connectivity index (χ0v) is 15.4. The van der Waals surface area contributed by atoms with Crippen molar-refractivity contribution in [2.45, 2.75) is 71.3 Å². The Morgan fingerprint density at radius 2 is 2.08 bits per heavy atom. The molecule has 2 saturated carbocycles. The standard InChI is InChI=1S/C21H29FO3/c1-12(23)25-19-18(22)11-17-15-5-4-13-10-14(24)6-8-20(13,2)16(15)7-9-21(17,19)3/h6-8,13-15,17-19,24H,4-5,9-11H2,1-3H3/t13?,14?,15-,17+,18?,19?,20+,21+/m1/s1. The molecule has 0 spiro atoms. The maximum absolute atomic E-state index is 14.8. The number of hydrogen-bond donors (Lipinski definition) is 1. The summed E-state index contributed by atoms with van der Waals surface area (Å²) in [6.07, 6.45) is 8.60. The van der Waals surface area contributed by atoms with E-state index in [1.54, 1.807) is 0 Å². The van der Waals surface area contributed by atoms with E-state index in [4.69, 9.17) is 4.74 Å². The predicted octanol–water partition coefficient (Wildman–Crippen LogP) is 3.97. The molecule has 1 N–H and O–H groups in total. The van der Waals surface area contributed by atoms with Gasteiger partial charge in [0.05, 0.1) is 6.10 Å². The fraction of sp³-hybridized carbons (Fsp3) is 0.762. The van der Waals surface area contributed by atoms with Crippen LogP contribution in [0.1, 0.15) is 52.9 Å². The van der Waals surface area contributed by atoms with Gasteiger partial charge in [0.25, 0.3) is 0 Å². The van der Waals surface area contributed by atoms with Gasteiger partial charge in [-0.05, 0) is 49.9 Å². The molecule has 0 heterocycles. The highest BCUT2D eigenvalue weighted by Crippen LogP contribution is 2.63. The van der Waals surface area contributed by atoms with Crippen LogP contribution in [0, 0.1) is 28.6 Å². The minimum atomic E-state index is -1.07. The third kappa shape index (κ3) is 2.43. The van der Waals surface area contributed by atoms with Gasteiger partial charge in [0.1, 0.15) is 12.3 Å². The van der Waals surface area contributed by atoms with E-state index in [9.17, 15) is 14.3 Å². The van der Waals surface area contributed by atoms with Gasteiger partial charge >= 0.3 is 5.97 Å². The first-order chi connectivity index (χ1) is 11.8. The second kappa shape index (κ2) is 5.67. The average Bonchev–Trinajstić information content (AvgIpc) is 2.79. The van der Waals surface area contributed by atoms with E-state index in [1.165, 1.54) is 12.5 Å². The summed E-state index contributed by atoms with van der Waals surface area (Å²) in [5, 5.41) is 10.00. The van der Waals surface area contributed by atoms with E-state index in [-0.39, 0.29) is 28.8 Å². The molecule has 0 amide bonds. The Morgan fingerprint density at radius 3 is 2.80 bits per heavy atom. The lowest BCUT2D eigenvalue weighted by atomic mass is 9.50. The first kappa shape index (κ1) is 17.3. The highest BCUT2D eigenvalue weighted by molar-refractivity contribution is 5.66. The Balaban J connectivity index is 1.70. The molecule has 2 fully saturated rings. The molecular formula is C21H29FO3. The van der Waals surface area contributed by atoms with Gasteiger partial charge < -0.3 is 9.84 Å². The largest absolute Gasteiger partial charge is 0.459 e. The van der Waals surface area contributed by atoms with E-state index < -0.39 is 12.3 Å². The number of carbonyl (C=O) groups is 1. The lowest BCUT2D eigenvalue weighted by Gasteiger charge is -2.54. The number of halogens is 1. The topological polar surface area (TPSA) is 46.5 Å². The van der Waals surface area contributed by atoms with E-state index in [0.717, 1.165) is 25.7 Å². The van der Waals surface area contributed by atoms with Gasteiger partial charge in [-0.25, -0.2) is 4.39 Å². The molecule has 8 atom stereocenters. The Morgan fingerprint density at radius 1 is 1.32 bits per heavy atom. The van der Waals surface area contributed by atoms with Gasteiger partial charge in [-0.3, -0.25) is 4.79 Å². The molecule has 0 aliphatic heterocycles. The number of fused-ring (bicyclic) bond motifs is 5. The van der Waals surface area contributed by atoms with Gasteiger partial charge in [-0.1, -0.05) is 37.6 Å². The van der Waals surface area contributed by atoms with Crippen LogP contribution in [0.4, 0.5) is 4.39 Å². The maximum atomic E-state index is 14.8. The van der Waals surface area contributed by atoms with Gasteiger partial charge in [0.2, 0.25) is 0 Å². The van der Waals surface area contributed by atoms with Crippen molar-refractivity contribution in [2.24, 2.45) is 28.6 Å². The molecule has 4 rings (SSSR count). The molecule has 0 aromatic heterocycles. The van der Waals surface area contributed by atoms with Crippen LogP contribution < -0.4 is 0 Å². The summed E-state index contributed by atoms with van der Waals surface area (Å²) in [6.45, 7) is 5.76. The number of aliphatic hydroxyl groups excluding tert-OH is 1. The third-order valence-corrected chi connectivity index (χ3v) is 7.73. The lowest BCUT2D eigenvalue weighted by molar-refractivity contribution is -0.156. The van der Waals surface area contributed by atoms with Crippen molar-refractivity contribution in [1.82, 2.24) is 0 Å². The Labute approximate surface area is 149 Å². The Bertz CT molecular complexity index is 641. The minimum Gasteiger partial charge on any atom is -0.459 e. The SMILES string of the molecule is CC(=O)OC1C(F)C[C@H]2[C@@H]3CCC4CC(O)C=C[C@]4(C)C3=CC[C@]12C. The molecule has 4 aliphatic rings. The van der Waals surface area contributed by atoms with Crippen LogP contribution in [0.15, 0.2) is 23.8 Å². The van der Waals surface area contributed by atoms with E-state index in [1.807, 2.05) is 6.08 Å². The molecule has 0 radical (unpaired) electrons. The number of carbonyl (C=O) groups excluding carboxylic acids is 1. The normalized spacial score (nSPS) is 51.2. The third-order valence-electron chi connectivity index (χ3n) is 7.73. The number of alkyl halides is 1. The van der Waals surface area contributed by atoms with Crippen molar-refractivity contribution in [1.29, 1.82) is 0 Å². The predicted molar refractivity (Wildman–Crippen MR) is 93.4 cm³/mol. The summed E-state index contributed by atoms with van der Waals surface area (Å²) in [5.41, 5.74) is 1.11. The number of ether oxygens (including phenoxy) is 1. The molecule has 25 heavy (non-hydrogen) atoms. The maximum Gasteiger partial charge on any atom is 0.303 e. The second-order valence-electron chi connectivity index (χ2n) is 9.08. The summed E-state index contributed by atoms with van der Waals surface area (Å²) >= 11 is 0. The highest BCUT2D eigenvalue weighted by Gasteiger charge is 2.61. The van der Waals surface area contributed by atoms with Crippen LogP contribution in [-0.4, -0.2) is 29.5 Å². The average molecular weight is 348 g/mol. The summed E-state index contributed by atoms with van der Waals surface area (Å²) in [5.74, 6) is 0.666. The number of hydrogen-bond acceptors (Lipinski definition) is 3. The Kier molecular flexibility index (Phi) is 3.91. The molecule has 0 aromatic carbocycles. The van der Waals surface area contributed by atoms with Crippen LogP contribution in [0.2, 0.25) is 0 Å². The van der Waals surface area contributed by atoms with Crippen LogP contribution in [0.25, 0.3) is 0 Å². The minimum absolute atomic E-state index is 0.0190. The van der Waals surface area contributed by atoms with Gasteiger partial charge in [0.15, 0.2) is 0 Å². The number of esters is 1. The fourth-order valence-electron chi connectivity index (χ4n) is 6.40. The molecule has 4 aliphatic carbocycles. The monoisotopic (exact) mass is 348 g/mol. The van der Waals surface area contributed by atoms with Gasteiger partial charge in [-0.15, -0.1) is 0 Å². The van der Waals surface area contributed by atoms with Crippen LogP contribution in [0.5, 0.6) is 0 Å². The van der Waals surface area contributed by atoms with Crippen molar-refractivity contribution >= 4 is 5.97 Å². The van der Waals surface area contributed by atoms with Crippen LogP contribution >= 0.6 is 0 Å². The number of allylic oxidation sites excluding steroid dienone is 3. The van der Waals surface area contributed by atoms with E-state index in [2.05, 4.69) is 26.0 Å². The Hall–Kier alpha value is -1.16. The van der Waals surface area contributed by atoms with Crippen molar-refractivity contribution < 1.29 is 19.0 Å². The van der Waals surface area contributed by atoms with Crippen LogP contribution in [-0.2, 0) is 9.53 Å². The first-order valence-electron chi connectivity index (χ1n) is 9.65. The van der Waals surface area contributed by atoms with E-state index >= 15 is 0 Å². The van der Waals surface area contributed by atoms with Crippen molar-refractivity contribution in [3.05, 3.63) is 23.8 Å². The van der Waals surface area contributed by atoms with Crippen LogP contribution in [0.3, 0.4) is 0 Å². The van der Waals surface area contributed by atoms with Crippen molar-refractivity contribution in [3.63, 3.8) is 0 Å². The second-order valence-corrected chi connectivity index (χ2v) is 9.08. The molecule has 0 bridgehead atoms. The first-order valence-corrected chi connectivity index (χ1v) is 9.65. The quantitative estimate of drug-likeness (QED) is 0.576. The summed E-state index contributed by atoms with van der Waals surface area (Å²) in [4.78, 5) is 11.5. The van der Waals surface area contributed by atoms with Gasteiger partial charge in [0, 0.05) is 17.8 Å². The molecule has 4 unspecified atom stereocenters. The summed E-state index contributed by atoms with van der Waals surface area (Å²) < 4.78 is 20.2. The van der Waals surface area contributed by atoms with Crippen molar-refractivity contribution in [2.75, 3.05) is 0 Å². The molecule has 138 valence electrons. The molecule has 4 heteroatoms. The van der Waals surface area contributed by atoms with Crippen molar-refractivity contribution in [3.8, 4) is 0 Å². The smallest absolute Gasteiger partial charge is 0.303 e. The number of aliphatic hydroxyl groups is 1. The molecule has 0 aromatic rings.